The van der Waals surface area contributed by atoms with Crippen molar-refractivity contribution in [2.24, 2.45) is 0 Å². The maximum Gasteiger partial charge on any atom is 0.342 e. The smallest absolute Gasteiger partial charge is 0.342 e. The fourth-order valence-electron chi connectivity index (χ4n) is 2.52. The number of hydrogen-bond donors (Lipinski definition) is 2. The van der Waals surface area contributed by atoms with Gasteiger partial charge in [-0.3, -0.25) is 0 Å². The van der Waals surface area contributed by atoms with E-state index in [9.17, 15) is 19.8 Å². The van der Waals surface area contributed by atoms with Crippen LogP contribution in [0.1, 0.15) is 68.3 Å². The van der Waals surface area contributed by atoms with E-state index in [1.165, 1.54) is 6.07 Å². The second-order valence-electron chi connectivity index (χ2n) is 5.69. The fourth-order valence-corrected chi connectivity index (χ4v) is 2.52. The molecule has 0 spiro atoms. The maximum atomic E-state index is 11.9. The highest BCUT2D eigenvalue weighted by Gasteiger charge is 2.18. The third kappa shape index (κ3) is 6.72. The molecule has 0 fully saturated rings. The van der Waals surface area contributed by atoms with Gasteiger partial charge in [-0.05, 0) is 44.7 Å². The molecule has 5 nitrogen and oxygen atoms in total. The molecular formula is C18H26O5. The van der Waals surface area contributed by atoms with E-state index in [4.69, 9.17) is 4.74 Å². The largest absolute Gasteiger partial charge is 0.508 e. The predicted octanol–water partition coefficient (Wildman–Crippen LogP) is 3.75. The minimum absolute atomic E-state index is 0.0630. The van der Waals surface area contributed by atoms with Crippen molar-refractivity contribution in [3.05, 3.63) is 23.3 Å². The Morgan fingerprint density at radius 2 is 1.70 bits per heavy atom. The van der Waals surface area contributed by atoms with Crippen LogP contribution in [0.25, 0.3) is 0 Å². The van der Waals surface area contributed by atoms with Gasteiger partial charge in [0.15, 0.2) is 0 Å². The van der Waals surface area contributed by atoms with E-state index in [0.717, 1.165) is 38.2 Å². The number of benzene rings is 1. The third-order valence-electron chi connectivity index (χ3n) is 3.64. The summed E-state index contributed by atoms with van der Waals surface area (Å²) in [6.07, 6.45) is 5.97. The monoisotopic (exact) mass is 322 g/mol. The fraction of sp³-hybridized carbons (Fsp3) is 0.556. The average Bonchev–Trinajstić information content (AvgIpc) is 2.45. The van der Waals surface area contributed by atoms with Crippen LogP contribution in [-0.2, 0) is 16.0 Å². The SMILES string of the molecule is CCOC(=O)c1c(O)cc(O)cc1CCCCCCCC(C)=O. The first-order valence-electron chi connectivity index (χ1n) is 8.17. The second kappa shape index (κ2) is 9.87. The molecule has 1 aromatic rings. The minimum Gasteiger partial charge on any atom is -0.508 e. The normalized spacial score (nSPS) is 10.5. The van der Waals surface area contributed by atoms with Crippen LogP contribution in [0.3, 0.4) is 0 Å². The van der Waals surface area contributed by atoms with Crippen LogP contribution in [-0.4, -0.2) is 28.6 Å². The van der Waals surface area contributed by atoms with Crippen LogP contribution in [0.15, 0.2) is 12.1 Å². The lowest BCUT2D eigenvalue weighted by Crippen LogP contribution is -2.08. The van der Waals surface area contributed by atoms with Crippen LogP contribution in [0.5, 0.6) is 11.5 Å². The number of aryl methyl sites for hydroxylation is 1. The minimum atomic E-state index is -0.568. The van der Waals surface area contributed by atoms with Crippen molar-refractivity contribution in [3.8, 4) is 11.5 Å². The molecule has 0 bridgehead atoms. The molecule has 2 N–H and O–H groups in total. The zero-order chi connectivity index (χ0) is 17.2. The first-order valence-corrected chi connectivity index (χ1v) is 8.17. The lowest BCUT2D eigenvalue weighted by molar-refractivity contribution is -0.117. The summed E-state index contributed by atoms with van der Waals surface area (Å²) in [5, 5.41) is 19.5. The number of aromatic hydroxyl groups is 2. The summed E-state index contributed by atoms with van der Waals surface area (Å²) in [5.41, 5.74) is 0.742. The maximum absolute atomic E-state index is 11.9. The molecule has 0 unspecified atom stereocenters. The lowest BCUT2D eigenvalue weighted by atomic mass is 9.99. The molecule has 0 atom stereocenters. The Hall–Kier alpha value is -2.04. The molecule has 0 saturated carbocycles. The standard InChI is InChI=1S/C18H26O5/c1-3-23-18(22)17-14(11-15(20)12-16(17)21)10-8-6-4-5-7-9-13(2)19/h11-12,20-21H,3-10H2,1-2H3. The van der Waals surface area contributed by atoms with Crippen LogP contribution in [0, 0.1) is 0 Å². The molecule has 0 saturated heterocycles. The Morgan fingerprint density at radius 3 is 2.35 bits per heavy atom. The molecule has 0 aliphatic heterocycles. The van der Waals surface area contributed by atoms with E-state index in [1.54, 1.807) is 13.8 Å². The highest BCUT2D eigenvalue weighted by molar-refractivity contribution is 5.94. The predicted molar refractivity (Wildman–Crippen MR) is 87.8 cm³/mol. The van der Waals surface area contributed by atoms with Crippen molar-refractivity contribution in [2.75, 3.05) is 6.61 Å². The van der Waals surface area contributed by atoms with Crippen molar-refractivity contribution in [3.63, 3.8) is 0 Å². The summed E-state index contributed by atoms with van der Waals surface area (Å²) in [6, 6.07) is 2.65. The average molecular weight is 322 g/mol. The Labute approximate surface area is 137 Å². The topological polar surface area (TPSA) is 83.8 Å². The first-order chi connectivity index (χ1) is 11.0. The number of Topliss-reactive ketones (excluding diaryl/α,β-unsaturated/α-hetero) is 1. The Kier molecular flexibility index (Phi) is 8.16. The van der Waals surface area contributed by atoms with Gasteiger partial charge in [0.05, 0.1) is 6.61 Å². The number of phenols is 2. The summed E-state index contributed by atoms with van der Waals surface area (Å²) in [6.45, 7) is 3.54. The number of ketones is 1. The molecule has 1 aromatic carbocycles. The number of esters is 1. The van der Waals surface area contributed by atoms with Gasteiger partial charge in [-0.25, -0.2) is 4.79 Å². The van der Waals surface area contributed by atoms with E-state index >= 15 is 0 Å². The number of unbranched alkanes of at least 4 members (excludes halogenated alkanes) is 4. The number of hydrogen-bond acceptors (Lipinski definition) is 5. The summed E-state index contributed by atoms with van der Waals surface area (Å²) in [7, 11) is 0. The number of phenolic OH excluding ortho intramolecular Hbond substituents is 2. The molecule has 128 valence electrons. The number of rotatable bonds is 10. The highest BCUT2D eigenvalue weighted by Crippen LogP contribution is 2.29. The number of carbonyl (C=O) groups excluding carboxylic acids is 2. The molecular weight excluding hydrogens is 296 g/mol. The molecule has 0 aliphatic carbocycles. The van der Waals surface area contributed by atoms with Gasteiger partial charge in [0.25, 0.3) is 0 Å². The highest BCUT2D eigenvalue weighted by atomic mass is 16.5. The van der Waals surface area contributed by atoms with Crippen LogP contribution in [0.2, 0.25) is 0 Å². The van der Waals surface area contributed by atoms with Crippen LogP contribution < -0.4 is 0 Å². The van der Waals surface area contributed by atoms with Crippen molar-refractivity contribution in [1.82, 2.24) is 0 Å². The van der Waals surface area contributed by atoms with Crippen LogP contribution in [0.4, 0.5) is 0 Å². The molecule has 5 heteroatoms. The van der Waals surface area contributed by atoms with E-state index in [2.05, 4.69) is 0 Å². The Morgan fingerprint density at radius 1 is 1.04 bits per heavy atom. The van der Waals surface area contributed by atoms with E-state index in [1.807, 2.05) is 0 Å². The zero-order valence-electron chi connectivity index (χ0n) is 13.9. The van der Waals surface area contributed by atoms with E-state index in [-0.39, 0.29) is 29.5 Å². The molecule has 1 rings (SSSR count). The van der Waals surface area contributed by atoms with Gasteiger partial charge in [-0.2, -0.15) is 0 Å². The number of ether oxygens (including phenoxy) is 1. The van der Waals surface area contributed by atoms with Gasteiger partial charge < -0.3 is 19.7 Å². The molecule has 0 amide bonds. The summed E-state index contributed by atoms with van der Waals surface area (Å²) >= 11 is 0. The van der Waals surface area contributed by atoms with Crippen molar-refractivity contribution < 1.29 is 24.5 Å². The summed E-state index contributed by atoms with van der Waals surface area (Å²) in [4.78, 5) is 22.8. The van der Waals surface area contributed by atoms with E-state index in [0.29, 0.717) is 18.4 Å². The van der Waals surface area contributed by atoms with Gasteiger partial charge in [0.1, 0.15) is 22.8 Å². The summed E-state index contributed by atoms with van der Waals surface area (Å²) in [5.74, 6) is -0.660. The zero-order valence-corrected chi connectivity index (χ0v) is 13.9. The molecule has 0 heterocycles. The third-order valence-corrected chi connectivity index (χ3v) is 3.64. The summed E-state index contributed by atoms with van der Waals surface area (Å²) < 4.78 is 4.96. The molecule has 0 aliphatic rings. The van der Waals surface area contributed by atoms with Gasteiger partial charge >= 0.3 is 5.97 Å². The van der Waals surface area contributed by atoms with Gasteiger partial charge in [0, 0.05) is 12.5 Å². The van der Waals surface area contributed by atoms with E-state index < -0.39 is 5.97 Å². The van der Waals surface area contributed by atoms with Crippen molar-refractivity contribution in [2.45, 2.75) is 58.8 Å². The Balaban J connectivity index is 2.55. The second-order valence-corrected chi connectivity index (χ2v) is 5.69. The van der Waals surface area contributed by atoms with Crippen molar-refractivity contribution >= 4 is 11.8 Å². The van der Waals surface area contributed by atoms with Gasteiger partial charge in [-0.15, -0.1) is 0 Å². The van der Waals surface area contributed by atoms with Crippen LogP contribution >= 0.6 is 0 Å². The molecule has 0 radical (unpaired) electrons. The Bertz CT molecular complexity index is 536. The number of carbonyl (C=O) groups is 2. The first kappa shape index (κ1) is 19.0. The molecule has 23 heavy (non-hydrogen) atoms. The quantitative estimate of drug-likeness (QED) is 0.506. The molecule has 0 aromatic heterocycles. The van der Waals surface area contributed by atoms with Gasteiger partial charge in [0.2, 0.25) is 0 Å². The van der Waals surface area contributed by atoms with Crippen molar-refractivity contribution in [1.29, 1.82) is 0 Å². The lowest BCUT2D eigenvalue weighted by Gasteiger charge is -2.11. The van der Waals surface area contributed by atoms with Gasteiger partial charge in [-0.1, -0.05) is 19.3 Å².